The van der Waals surface area contributed by atoms with E-state index in [0.717, 1.165) is 16.7 Å². The summed E-state index contributed by atoms with van der Waals surface area (Å²) in [6.45, 7) is 0. The van der Waals surface area contributed by atoms with E-state index in [1.165, 1.54) is 6.07 Å². The Balaban J connectivity index is 1.94. The molecule has 0 atom stereocenters. The van der Waals surface area contributed by atoms with Crippen molar-refractivity contribution in [1.82, 2.24) is 9.97 Å². The molecular weight excluding hydrogens is 293 g/mol. The highest BCUT2D eigenvalue weighted by molar-refractivity contribution is 6.30. The van der Waals surface area contributed by atoms with Crippen LogP contribution in [0.2, 0.25) is 5.02 Å². The molecule has 3 aromatic rings. The first kappa shape index (κ1) is 13.6. The molecule has 0 saturated carbocycles. The van der Waals surface area contributed by atoms with E-state index >= 15 is 0 Å². The van der Waals surface area contributed by atoms with Gasteiger partial charge in [-0.3, -0.25) is 0 Å². The van der Waals surface area contributed by atoms with Gasteiger partial charge in [0.2, 0.25) is 5.95 Å². The highest BCUT2D eigenvalue weighted by atomic mass is 35.5. The second-order valence-corrected chi connectivity index (χ2v) is 4.80. The normalized spacial score (nSPS) is 10.6. The predicted molar refractivity (Wildman–Crippen MR) is 80.8 cm³/mol. The van der Waals surface area contributed by atoms with Gasteiger partial charge in [-0.25, -0.2) is 14.4 Å². The second kappa shape index (κ2) is 5.54. The lowest BCUT2D eigenvalue weighted by Gasteiger charge is -2.07. The molecule has 0 fully saturated rings. The fourth-order valence-electron chi connectivity index (χ4n) is 1.91. The van der Waals surface area contributed by atoms with E-state index in [1.807, 2.05) is 18.2 Å². The first-order chi connectivity index (χ1) is 10.2. The first-order valence-corrected chi connectivity index (χ1v) is 6.56. The maximum absolute atomic E-state index is 13.7. The first-order valence-electron chi connectivity index (χ1n) is 6.18. The van der Waals surface area contributed by atoms with Gasteiger partial charge in [0.05, 0.1) is 18.3 Å². The summed E-state index contributed by atoms with van der Waals surface area (Å²) < 4.78 is 18.9. The summed E-state index contributed by atoms with van der Waals surface area (Å²) in [5.41, 5.74) is 1.01. The molecule has 2 aromatic carbocycles. The quantitative estimate of drug-likeness (QED) is 0.788. The van der Waals surface area contributed by atoms with E-state index in [1.54, 1.807) is 25.4 Å². The molecule has 0 aliphatic heterocycles. The van der Waals surface area contributed by atoms with Crippen molar-refractivity contribution in [3.63, 3.8) is 0 Å². The van der Waals surface area contributed by atoms with Gasteiger partial charge in [-0.1, -0.05) is 11.6 Å². The highest BCUT2D eigenvalue weighted by Gasteiger charge is 2.06. The molecule has 0 bridgehead atoms. The summed E-state index contributed by atoms with van der Waals surface area (Å²) in [4.78, 5) is 8.50. The number of nitrogens with one attached hydrogen (secondary N) is 1. The molecule has 21 heavy (non-hydrogen) atoms. The van der Waals surface area contributed by atoms with Crippen LogP contribution in [0.3, 0.4) is 0 Å². The van der Waals surface area contributed by atoms with E-state index in [2.05, 4.69) is 15.3 Å². The summed E-state index contributed by atoms with van der Waals surface area (Å²) in [5, 5.41) is 4.01. The van der Waals surface area contributed by atoms with Crippen molar-refractivity contribution in [1.29, 1.82) is 0 Å². The fourth-order valence-corrected chi connectivity index (χ4v) is 2.07. The molecule has 4 nitrogen and oxygen atoms in total. The van der Waals surface area contributed by atoms with Crippen molar-refractivity contribution in [2.75, 3.05) is 12.4 Å². The van der Waals surface area contributed by atoms with Crippen LogP contribution in [0.25, 0.3) is 10.9 Å². The smallest absolute Gasteiger partial charge is 0.227 e. The van der Waals surface area contributed by atoms with Crippen LogP contribution in [0, 0.1) is 5.82 Å². The van der Waals surface area contributed by atoms with Gasteiger partial charge in [0.25, 0.3) is 0 Å². The average Bonchev–Trinajstić information content (AvgIpc) is 2.49. The second-order valence-electron chi connectivity index (χ2n) is 4.37. The Morgan fingerprint density at radius 3 is 2.81 bits per heavy atom. The predicted octanol–water partition coefficient (Wildman–Crippen LogP) is 4.17. The molecule has 0 amide bonds. The Kier molecular flexibility index (Phi) is 3.58. The van der Waals surface area contributed by atoms with Gasteiger partial charge >= 0.3 is 0 Å². The SMILES string of the molecule is COc1ccc2nc(Nc3ccc(Cl)cc3F)ncc2c1. The zero-order valence-electron chi connectivity index (χ0n) is 11.1. The molecule has 0 aliphatic rings. The van der Waals surface area contributed by atoms with Gasteiger partial charge in [-0.2, -0.15) is 0 Å². The van der Waals surface area contributed by atoms with Crippen molar-refractivity contribution < 1.29 is 9.13 Å². The van der Waals surface area contributed by atoms with Crippen LogP contribution in [0.5, 0.6) is 5.75 Å². The van der Waals surface area contributed by atoms with Crippen LogP contribution in [-0.4, -0.2) is 17.1 Å². The summed E-state index contributed by atoms with van der Waals surface area (Å²) in [5.74, 6) is 0.588. The van der Waals surface area contributed by atoms with Crippen molar-refractivity contribution >= 4 is 34.1 Å². The zero-order valence-corrected chi connectivity index (χ0v) is 11.9. The van der Waals surface area contributed by atoms with E-state index < -0.39 is 5.82 Å². The van der Waals surface area contributed by atoms with Gasteiger partial charge in [0, 0.05) is 16.6 Å². The van der Waals surface area contributed by atoms with Crippen molar-refractivity contribution in [3.8, 4) is 5.75 Å². The van der Waals surface area contributed by atoms with Gasteiger partial charge in [-0.05, 0) is 36.4 Å². The van der Waals surface area contributed by atoms with Gasteiger partial charge in [-0.15, -0.1) is 0 Å². The van der Waals surface area contributed by atoms with Crippen LogP contribution in [0.4, 0.5) is 16.0 Å². The van der Waals surface area contributed by atoms with E-state index in [0.29, 0.717) is 11.0 Å². The maximum Gasteiger partial charge on any atom is 0.227 e. The number of rotatable bonds is 3. The molecular formula is C15H11ClFN3O. The lowest BCUT2D eigenvalue weighted by atomic mass is 10.2. The minimum Gasteiger partial charge on any atom is -0.497 e. The fraction of sp³-hybridized carbons (Fsp3) is 0.0667. The molecule has 106 valence electrons. The van der Waals surface area contributed by atoms with Gasteiger partial charge in [0.15, 0.2) is 0 Å². The van der Waals surface area contributed by atoms with Crippen molar-refractivity contribution in [2.24, 2.45) is 0 Å². The van der Waals surface area contributed by atoms with Gasteiger partial charge in [0.1, 0.15) is 11.6 Å². The standard InChI is InChI=1S/C15H11ClFN3O/c1-21-11-3-5-13-9(6-11)8-18-15(19-13)20-14-4-2-10(16)7-12(14)17/h2-8H,1H3,(H,18,19,20). The molecule has 1 N–H and O–H groups in total. The Morgan fingerprint density at radius 1 is 1.19 bits per heavy atom. The number of nitrogens with zero attached hydrogens (tertiary/aromatic N) is 2. The van der Waals surface area contributed by atoms with Crippen LogP contribution in [0.1, 0.15) is 0 Å². The summed E-state index contributed by atoms with van der Waals surface area (Å²) >= 11 is 5.72. The minimum atomic E-state index is -0.457. The molecule has 1 heterocycles. The highest BCUT2D eigenvalue weighted by Crippen LogP contribution is 2.23. The van der Waals surface area contributed by atoms with Crippen LogP contribution < -0.4 is 10.1 Å². The number of methoxy groups -OCH3 is 1. The Hall–Kier alpha value is -2.40. The lowest BCUT2D eigenvalue weighted by Crippen LogP contribution is -1.99. The van der Waals surface area contributed by atoms with Crippen molar-refractivity contribution in [2.45, 2.75) is 0 Å². The van der Waals surface area contributed by atoms with Crippen molar-refractivity contribution in [3.05, 3.63) is 53.4 Å². The molecule has 0 unspecified atom stereocenters. The van der Waals surface area contributed by atoms with Crippen LogP contribution in [0.15, 0.2) is 42.6 Å². The third kappa shape index (κ3) is 2.87. The number of fused-ring (bicyclic) bond motifs is 1. The number of hydrogen-bond acceptors (Lipinski definition) is 4. The van der Waals surface area contributed by atoms with E-state index in [4.69, 9.17) is 16.3 Å². The van der Waals surface area contributed by atoms with Crippen LogP contribution in [-0.2, 0) is 0 Å². The third-order valence-electron chi connectivity index (χ3n) is 2.96. The molecule has 6 heteroatoms. The molecule has 3 rings (SSSR count). The minimum absolute atomic E-state index is 0.271. The maximum atomic E-state index is 13.7. The lowest BCUT2D eigenvalue weighted by molar-refractivity contribution is 0.415. The zero-order chi connectivity index (χ0) is 14.8. The summed E-state index contributed by atoms with van der Waals surface area (Å²) in [7, 11) is 1.60. The summed E-state index contributed by atoms with van der Waals surface area (Å²) in [6, 6.07) is 9.83. The molecule has 0 aliphatic carbocycles. The largest absolute Gasteiger partial charge is 0.497 e. The monoisotopic (exact) mass is 303 g/mol. The average molecular weight is 304 g/mol. The number of halogens is 2. The summed E-state index contributed by atoms with van der Waals surface area (Å²) in [6.07, 6.45) is 1.65. The number of benzene rings is 2. The Labute approximate surface area is 125 Å². The topological polar surface area (TPSA) is 47.0 Å². The molecule has 0 spiro atoms. The number of ether oxygens (including phenoxy) is 1. The Bertz CT molecular complexity index is 810. The van der Waals surface area contributed by atoms with E-state index in [-0.39, 0.29) is 5.69 Å². The van der Waals surface area contributed by atoms with E-state index in [9.17, 15) is 4.39 Å². The molecule has 0 saturated heterocycles. The number of hydrogen-bond donors (Lipinski definition) is 1. The molecule has 1 aromatic heterocycles. The number of aromatic nitrogens is 2. The van der Waals surface area contributed by atoms with Crippen LogP contribution >= 0.6 is 11.6 Å². The Morgan fingerprint density at radius 2 is 2.05 bits per heavy atom. The molecule has 0 radical (unpaired) electrons. The third-order valence-corrected chi connectivity index (χ3v) is 3.20. The number of anilines is 2. The van der Waals surface area contributed by atoms with Gasteiger partial charge < -0.3 is 10.1 Å².